The van der Waals surface area contributed by atoms with Crippen molar-refractivity contribution in [3.63, 3.8) is 0 Å². The van der Waals surface area contributed by atoms with Crippen molar-refractivity contribution in [2.45, 2.75) is 64.0 Å². The third kappa shape index (κ3) is 5.65. The summed E-state index contributed by atoms with van der Waals surface area (Å²) in [6.45, 7) is 0.320. The van der Waals surface area contributed by atoms with E-state index in [2.05, 4.69) is 4.57 Å². The van der Waals surface area contributed by atoms with E-state index in [-0.39, 0.29) is 24.3 Å². The number of rotatable bonds is 10. The lowest BCUT2D eigenvalue weighted by Crippen LogP contribution is -2.20. The molecule has 44 heavy (non-hydrogen) atoms. The number of hydrogen-bond acceptors (Lipinski definition) is 5. The van der Waals surface area contributed by atoms with Gasteiger partial charge in [-0.1, -0.05) is 23.7 Å². The first kappa shape index (κ1) is 28.8. The average molecular weight is 620 g/mol. The molecule has 10 heteroatoms. The second-order valence-electron chi connectivity index (χ2n) is 12.4. The van der Waals surface area contributed by atoms with Crippen molar-refractivity contribution in [3.05, 3.63) is 88.3 Å². The third-order valence-corrected chi connectivity index (χ3v) is 9.68. The van der Waals surface area contributed by atoms with E-state index < -0.39 is 12.0 Å². The molecule has 0 saturated heterocycles. The second-order valence-corrected chi connectivity index (χ2v) is 12.8. The number of aromatic nitrogens is 3. The number of pyridine rings is 1. The molecule has 0 radical (unpaired) electrons. The normalized spacial score (nSPS) is 19.4. The Hall–Kier alpha value is -3.98. The number of carbonyl (C=O) groups is 1. The highest BCUT2D eigenvalue weighted by Crippen LogP contribution is 2.48. The smallest absolute Gasteiger partial charge is 0.335 e. The molecule has 5 aromatic rings. The van der Waals surface area contributed by atoms with Gasteiger partial charge in [0.2, 0.25) is 5.88 Å². The van der Waals surface area contributed by atoms with Crippen LogP contribution < -0.4 is 4.74 Å². The lowest BCUT2D eigenvalue weighted by molar-refractivity contribution is 0.0697. The van der Waals surface area contributed by atoms with Gasteiger partial charge in [0, 0.05) is 53.1 Å². The third-order valence-electron chi connectivity index (χ3n) is 9.35. The Balaban J connectivity index is 1.02. The van der Waals surface area contributed by atoms with Crippen LogP contribution in [0.15, 0.2) is 59.0 Å². The first-order valence-corrected chi connectivity index (χ1v) is 15.4. The average Bonchev–Trinajstić information content (AvgIpc) is 3.58. The molecule has 1 N–H and O–H groups in total. The van der Waals surface area contributed by atoms with Crippen LogP contribution in [0.4, 0.5) is 8.78 Å². The maximum atomic E-state index is 13.9. The summed E-state index contributed by atoms with van der Waals surface area (Å²) in [6, 6.07) is 14.8. The van der Waals surface area contributed by atoms with Gasteiger partial charge in [-0.3, -0.25) is 4.39 Å². The fraction of sp³-hybridized carbons (Fsp3) is 0.382. The molecule has 0 amide bonds. The lowest BCUT2D eigenvalue weighted by Gasteiger charge is -2.28. The zero-order chi connectivity index (χ0) is 30.4. The first-order valence-electron chi connectivity index (χ1n) is 15.1. The lowest BCUT2D eigenvalue weighted by atomic mass is 9.79. The number of fused-ring (bicyclic) bond motifs is 2. The predicted molar refractivity (Wildman–Crippen MR) is 162 cm³/mol. The van der Waals surface area contributed by atoms with Gasteiger partial charge in [-0.05, 0) is 74.8 Å². The Bertz CT molecular complexity index is 1860. The fourth-order valence-corrected chi connectivity index (χ4v) is 6.73. The van der Waals surface area contributed by atoms with Gasteiger partial charge >= 0.3 is 5.97 Å². The highest BCUT2D eigenvalue weighted by atomic mass is 35.5. The Morgan fingerprint density at radius 3 is 2.66 bits per heavy atom. The molecule has 0 spiro atoms. The first-order chi connectivity index (χ1) is 21.3. The molecule has 2 fully saturated rings. The number of hydrogen-bond donors (Lipinski definition) is 1. The van der Waals surface area contributed by atoms with E-state index in [0.29, 0.717) is 45.8 Å². The van der Waals surface area contributed by atoms with Crippen LogP contribution >= 0.6 is 11.6 Å². The molecule has 7 rings (SSSR count). The van der Waals surface area contributed by atoms with Crippen LogP contribution in [-0.4, -0.2) is 32.3 Å². The van der Waals surface area contributed by atoms with Crippen molar-refractivity contribution in [3.8, 4) is 5.88 Å². The number of ether oxygens (including phenoxy) is 1. The van der Waals surface area contributed by atoms with Gasteiger partial charge in [0.1, 0.15) is 18.0 Å². The molecular weight excluding hydrogens is 588 g/mol. The van der Waals surface area contributed by atoms with Gasteiger partial charge in [0.05, 0.1) is 28.3 Å². The number of halogens is 3. The molecule has 228 valence electrons. The van der Waals surface area contributed by atoms with Crippen molar-refractivity contribution >= 4 is 39.6 Å². The number of alkyl halides is 1. The molecule has 0 aliphatic heterocycles. The van der Waals surface area contributed by atoms with E-state index >= 15 is 0 Å². The molecule has 2 saturated carbocycles. The fourth-order valence-electron chi connectivity index (χ4n) is 6.52. The number of carboxylic acids is 1. The van der Waals surface area contributed by atoms with E-state index in [0.717, 1.165) is 67.5 Å². The maximum Gasteiger partial charge on any atom is 0.335 e. The summed E-state index contributed by atoms with van der Waals surface area (Å²) in [6.07, 6.45) is 6.40. The van der Waals surface area contributed by atoms with Crippen molar-refractivity contribution in [1.82, 2.24) is 14.5 Å². The van der Waals surface area contributed by atoms with Crippen LogP contribution in [0.3, 0.4) is 0 Å². The molecule has 0 atom stereocenters. The Morgan fingerprint density at radius 1 is 1.09 bits per heavy atom. The standard InChI is InChI=1S/C34H32ClF2N3O4/c35-25-10-8-23(32-24(25)16-29(37)44-32)17-43-31-3-1-2-26(39-31)21-6-4-20(5-7-21)14-30-38-27-11-9-22(33(41)42)15-28(27)40(30)19-34(18-36)12-13-34/h1-3,8-11,15-16,20-21H,4-7,12-14,17-19H2,(H,41,42). The molecule has 3 heterocycles. The summed E-state index contributed by atoms with van der Waals surface area (Å²) in [5, 5.41) is 10.5. The van der Waals surface area contributed by atoms with Crippen LogP contribution in [-0.2, 0) is 19.6 Å². The van der Waals surface area contributed by atoms with Crippen LogP contribution in [0.1, 0.15) is 71.9 Å². The van der Waals surface area contributed by atoms with Crippen LogP contribution in [0.25, 0.3) is 22.0 Å². The minimum absolute atomic E-state index is 0.169. The van der Waals surface area contributed by atoms with E-state index in [1.54, 1.807) is 30.3 Å². The number of carboxylic acid groups (broad SMARTS) is 1. The van der Waals surface area contributed by atoms with Gasteiger partial charge in [0.25, 0.3) is 6.01 Å². The molecular formula is C34H32ClF2N3O4. The van der Waals surface area contributed by atoms with Crippen LogP contribution in [0.2, 0.25) is 5.02 Å². The van der Waals surface area contributed by atoms with E-state index in [9.17, 15) is 18.7 Å². The Labute approximate surface area is 257 Å². The molecule has 3 aromatic heterocycles. The van der Waals surface area contributed by atoms with Gasteiger partial charge in [0.15, 0.2) is 0 Å². The monoisotopic (exact) mass is 619 g/mol. The van der Waals surface area contributed by atoms with Crippen molar-refractivity contribution in [2.75, 3.05) is 6.67 Å². The Morgan fingerprint density at radius 2 is 1.91 bits per heavy atom. The topological polar surface area (TPSA) is 90.4 Å². The summed E-state index contributed by atoms with van der Waals surface area (Å²) in [4.78, 5) is 21.3. The molecule has 2 aliphatic rings. The minimum Gasteiger partial charge on any atom is -0.478 e. The molecule has 0 bridgehead atoms. The quantitative estimate of drug-likeness (QED) is 0.168. The zero-order valence-electron chi connectivity index (χ0n) is 24.1. The maximum absolute atomic E-state index is 13.9. The number of furan rings is 1. The second kappa shape index (κ2) is 11.5. The van der Waals surface area contributed by atoms with Gasteiger partial charge in [-0.2, -0.15) is 4.39 Å². The predicted octanol–water partition coefficient (Wildman–Crippen LogP) is 8.51. The Kier molecular flexibility index (Phi) is 7.52. The molecule has 2 aliphatic carbocycles. The van der Waals surface area contributed by atoms with E-state index in [1.165, 1.54) is 6.07 Å². The molecule has 2 aromatic carbocycles. The summed E-state index contributed by atoms with van der Waals surface area (Å²) < 4.78 is 40.9. The SMILES string of the molecule is O=C(O)c1ccc2nc(CC3CCC(c4cccc(OCc5ccc(Cl)c6cc(F)oc56)n4)CC3)n(CC3(CF)CC3)c2c1. The van der Waals surface area contributed by atoms with Crippen molar-refractivity contribution in [1.29, 1.82) is 0 Å². The highest BCUT2D eigenvalue weighted by Gasteiger charge is 2.44. The summed E-state index contributed by atoms with van der Waals surface area (Å²) in [5.41, 5.74) is 3.43. The number of benzene rings is 2. The number of nitrogens with zero attached hydrogens (tertiary/aromatic N) is 3. The van der Waals surface area contributed by atoms with Crippen molar-refractivity contribution in [2.24, 2.45) is 11.3 Å². The van der Waals surface area contributed by atoms with Crippen molar-refractivity contribution < 1.29 is 27.8 Å². The van der Waals surface area contributed by atoms with Crippen LogP contribution in [0.5, 0.6) is 5.88 Å². The minimum atomic E-state index is -0.982. The van der Waals surface area contributed by atoms with Crippen LogP contribution in [0, 0.1) is 17.3 Å². The van der Waals surface area contributed by atoms with E-state index in [4.69, 9.17) is 30.7 Å². The highest BCUT2D eigenvalue weighted by molar-refractivity contribution is 6.35. The van der Waals surface area contributed by atoms with Gasteiger partial charge in [-0.25, -0.2) is 14.8 Å². The van der Waals surface area contributed by atoms with Gasteiger partial charge in [-0.15, -0.1) is 0 Å². The summed E-state index contributed by atoms with van der Waals surface area (Å²) in [7, 11) is 0. The molecule has 0 unspecified atom stereocenters. The zero-order valence-corrected chi connectivity index (χ0v) is 24.8. The summed E-state index contributed by atoms with van der Waals surface area (Å²) in [5.74, 6) is 1.14. The number of imidazole rings is 1. The van der Waals surface area contributed by atoms with E-state index in [1.807, 2.05) is 18.2 Å². The largest absolute Gasteiger partial charge is 0.478 e. The number of aromatic carboxylic acids is 1. The molecule has 7 nitrogen and oxygen atoms in total. The van der Waals surface area contributed by atoms with Gasteiger partial charge < -0.3 is 18.8 Å². The summed E-state index contributed by atoms with van der Waals surface area (Å²) >= 11 is 6.18.